The number of hydrogen-bond acceptors (Lipinski definition) is 4. The molecule has 0 saturated heterocycles. The first-order chi connectivity index (χ1) is 10.3. The van der Waals surface area contributed by atoms with Crippen molar-refractivity contribution in [2.75, 3.05) is 0 Å². The highest BCUT2D eigenvalue weighted by atomic mass is 79.9. The van der Waals surface area contributed by atoms with Crippen molar-refractivity contribution in [3.05, 3.63) is 58.1 Å². The lowest BCUT2D eigenvalue weighted by molar-refractivity contribution is 0.305. The summed E-state index contributed by atoms with van der Waals surface area (Å²) < 4.78 is 6.93. The quantitative estimate of drug-likeness (QED) is 0.661. The van der Waals surface area contributed by atoms with Gasteiger partial charge in [0.2, 0.25) is 0 Å². The number of nitrogens with zero attached hydrogens (tertiary/aromatic N) is 1. The number of hydrogen-bond donors (Lipinski definition) is 2. The first-order valence-electron chi connectivity index (χ1n) is 6.79. The summed E-state index contributed by atoms with van der Waals surface area (Å²) in [6.45, 7) is 0.541. The van der Waals surface area contributed by atoms with E-state index in [0.717, 1.165) is 40.2 Å². The van der Waals surface area contributed by atoms with Gasteiger partial charge in [-0.3, -0.25) is 0 Å². The van der Waals surface area contributed by atoms with Crippen LogP contribution in [0.4, 0.5) is 5.69 Å². The van der Waals surface area contributed by atoms with Crippen LogP contribution in [0.5, 0.6) is 5.75 Å². The third-order valence-electron chi connectivity index (χ3n) is 3.46. The van der Waals surface area contributed by atoms with Gasteiger partial charge in [-0.25, -0.2) is 10.8 Å². The summed E-state index contributed by atoms with van der Waals surface area (Å²) in [4.78, 5) is 4.45. The Morgan fingerprint density at radius 1 is 1.19 bits per heavy atom. The summed E-state index contributed by atoms with van der Waals surface area (Å²) >= 11 is 3.53. The molecule has 21 heavy (non-hydrogen) atoms. The van der Waals surface area contributed by atoms with E-state index in [1.165, 1.54) is 5.56 Å². The molecule has 0 atom stereocenters. The average molecular weight is 346 g/mol. The van der Waals surface area contributed by atoms with Gasteiger partial charge in [-0.05, 0) is 36.2 Å². The van der Waals surface area contributed by atoms with Crippen molar-refractivity contribution >= 4 is 27.5 Å². The van der Waals surface area contributed by atoms with E-state index in [1.54, 1.807) is 0 Å². The van der Waals surface area contributed by atoms with Crippen LogP contribution in [0.3, 0.4) is 0 Å². The van der Waals surface area contributed by atoms with Gasteiger partial charge in [0, 0.05) is 16.5 Å². The molecule has 0 radical (unpaired) electrons. The van der Waals surface area contributed by atoms with Crippen LogP contribution in [0.1, 0.15) is 17.5 Å². The molecule has 0 bridgehead atoms. The van der Waals surface area contributed by atoms with Crippen molar-refractivity contribution in [2.24, 2.45) is 10.8 Å². The zero-order valence-electron chi connectivity index (χ0n) is 11.5. The molecule has 0 amide bonds. The largest absolute Gasteiger partial charge is 0.489 e. The molecule has 1 aliphatic heterocycles. The minimum absolute atomic E-state index is 0.541. The second kappa shape index (κ2) is 6.28. The Morgan fingerprint density at radius 2 is 2.05 bits per heavy atom. The molecule has 0 aromatic heterocycles. The van der Waals surface area contributed by atoms with E-state index in [2.05, 4.69) is 32.4 Å². The van der Waals surface area contributed by atoms with Crippen LogP contribution >= 0.6 is 15.9 Å². The number of aryl methyl sites for hydroxylation is 1. The molecule has 0 aliphatic carbocycles. The summed E-state index contributed by atoms with van der Waals surface area (Å²) in [6.07, 6.45) is 1.75. The lowest BCUT2D eigenvalue weighted by Crippen LogP contribution is -2.31. The van der Waals surface area contributed by atoms with E-state index in [-0.39, 0.29) is 0 Å². The van der Waals surface area contributed by atoms with E-state index in [0.29, 0.717) is 6.61 Å². The van der Waals surface area contributed by atoms with E-state index in [9.17, 15) is 0 Å². The Hall–Kier alpha value is -1.85. The van der Waals surface area contributed by atoms with Crippen LogP contribution in [0.15, 0.2) is 51.9 Å². The van der Waals surface area contributed by atoms with Gasteiger partial charge in [0.25, 0.3) is 0 Å². The molecule has 3 rings (SSSR count). The van der Waals surface area contributed by atoms with Crippen LogP contribution in [-0.2, 0) is 13.0 Å². The number of rotatable bonds is 3. The second-order valence-electron chi connectivity index (χ2n) is 4.87. The molecule has 0 fully saturated rings. The highest BCUT2D eigenvalue weighted by Gasteiger charge is 2.12. The van der Waals surface area contributed by atoms with Crippen LogP contribution in [-0.4, -0.2) is 5.84 Å². The molecule has 2 aromatic carbocycles. The molecule has 5 heteroatoms. The number of nitrogens with two attached hydrogens (primary N) is 1. The summed E-state index contributed by atoms with van der Waals surface area (Å²) in [6, 6.07) is 14.0. The maximum Gasteiger partial charge on any atom is 0.120 e. The smallest absolute Gasteiger partial charge is 0.120 e. The molecule has 1 aliphatic rings. The third-order valence-corrected chi connectivity index (χ3v) is 4.23. The van der Waals surface area contributed by atoms with Crippen molar-refractivity contribution in [1.29, 1.82) is 0 Å². The standard InChI is InChI=1S/C16H16BrN3O/c17-14-4-2-1-3-12(14)10-21-13-6-7-15-11(9-13)5-8-16(19-15)20-18/h1-4,6-7,9H,5,8,10,18H2,(H,19,20). The minimum Gasteiger partial charge on any atom is -0.489 e. The van der Waals surface area contributed by atoms with Gasteiger partial charge >= 0.3 is 0 Å². The fourth-order valence-corrected chi connectivity index (χ4v) is 2.70. The Morgan fingerprint density at radius 3 is 2.86 bits per heavy atom. The summed E-state index contributed by atoms with van der Waals surface area (Å²) in [5.41, 5.74) is 5.91. The van der Waals surface area contributed by atoms with Gasteiger partial charge in [-0.1, -0.05) is 34.1 Å². The number of ether oxygens (including phenoxy) is 1. The number of amidine groups is 1. The summed E-state index contributed by atoms with van der Waals surface area (Å²) in [5.74, 6) is 7.09. The predicted octanol–water partition coefficient (Wildman–Crippen LogP) is 3.47. The predicted molar refractivity (Wildman–Crippen MR) is 87.7 cm³/mol. The Balaban J connectivity index is 1.74. The fourth-order valence-electron chi connectivity index (χ4n) is 2.30. The highest BCUT2D eigenvalue weighted by Crippen LogP contribution is 2.29. The van der Waals surface area contributed by atoms with E-state index >= 15 is 0 Å². The number of aliphatic imine (C=N–C) groups is 1. The minimum atomic E-state index is 0.541. The van der Waals surface area contributed by atoms with Crippen molar-refractivity contribution in [3.63, 3.8) is 0 Å². The number of halogens is 1. The fraction of sp³-hybridized carbons (Fsp3) is 0.188. The van der Waals surface area contributed by atoms with Gasteiger partial charge in [-0.15, -0.1) is 0 Å². The summed E-state index contributed by atoms with van der Waals surface area (Å²) in [7, 11) is 0. The first-order valence-corrected chi connectivity index (χ1v) is 7.59. The molecule has 3 N–H and O–H groups in total. The van der Waals surface area contributed by atoms with Crippen molar-refractivity contribution in [3.8, 4) is 5.75 Å². The number of benzene rings is 2. The zero-order valence-corrected chi connectivity index (χ0v) is 13.1. The van der Waals surface area contributed by atoms with Crippen LogP contribution in [0.25, 0.3) is 0 Å². The Bertz CT molecular complexity index is 685. The summed E-state index contributed by atoms with van der Waals surface area (Å²) in [5, 5.41) is 0. The molecule has 108 valence electrons. The molecule has 2 aromatic rings. The van der Waals surface area contributed by atoms with E-state index in [1.807, 2.05) is 36.4 Å². The topological polar surface area (TPSA) is 59.6 Å². The van der Waals surface area contributed by atoms with Crippen molar-refractivity contribution in [1.82, 2.24) is 5.43 Å². The highest BCUT2D eigenvalue weighted by molar-refractivity contribution is 9.10. The first kappa shape index (κ1) is 14.1. The van der Waals surface area contributed by atoms with Gasteiger partial charge < -0.3 is 10.2 Å². The van der Waals surface area contributed by atoms with Crippen LogP contribution in [0.2, 0.25) is 0 Å². The molecule has 0 unspecified atom stereocenters. The molecule has 0 spiro atoms. The SMILES string of the molecule is NNC1=Nc2ccc(OCc3ccccc3Br)cc2CC1. The van der Waals surface area contributed by atoms with Gasteiger partial charge in [0.15, 0.2) is 0 Å². The Kier molecular flexibility index (Phi) is 4.22. The number of hydrazine groups is 1. The third kappa shape index (κ3) is 3.25. The molecular formula is C16H16BrN3O. The van der Waals surface area contributed by atoms with E-state index < -0.39 is 0 Å². The lowest BCUT2D eigenvalue weighted by Gasteiger charge is -2.16. The van der Waals surface area contributed by atoms with Crippen molar-refractivity contribution < 1.29 is 4.74 Å². The average Bonchev–Trinajstić information content (AvgIpc) is 2.53. The zero-order chi connectivity index (χ0) is 14.7. The van der Waals surface area contributed by atoms with Gasteiger partial charge in [0.1, 0.15) is 18.2 Å². The van der Waals surface area contributed by atoms with Gasteiger partial charge in [-0.2, -0.15) is 0 Å². The van der Waals surface area contributed by atoms with E-state index in [4.69, 9.17) is 10.6 Å². The molecule has 0 saturated carbocycles. The maximum absolute atomic E-state index is 5.87. The number of fused-ring (bicyclic) bond motifs is 1. The Labute approximate surface area is 132 Å². The van der Waals surface area contributed by atoms with Crippen LogP contribution in [0, 0.1) is 0 Å². The molecule has 4 nitrogen and oxygen atoms in total. The lowest BCUT2D eigenvalue weighted by atomic mass is 10.0. The van der Waals surface area contributed by atoms with Crippen molar-refractivity contribution in [2.45, 2.75) is 19.4 Å². The number of nitrogens with one attached hydrogen (secondary N) is 1. The monoisotopic (exact) mass is 345 g/mol. The normalized spacial score (nSPS) is 13.3. The second-order valence-corrected chi connectivity index (χ2v) is 5.73. The maximum atomic E-state index is 5.87. The molecule has 1 heterocycles. The van der Waals surface area contributed by atoms with Gasteiger partial charge in [0.05, 0.1) is 5.69 Å². The van der Waals surface area contributed by atoms with Crippen LogP contribution < -0.4 is 16.0 Å². The molecular weight excluding hydrogens is 330 g/mol.